The molecule has 0 radical (unpaired) electrons. The second-order valence-electron chi connectivity index (χ2n) is 4.56. The lowest BCUT2D eigenvalue weighted by Crippen LogP contribution is -2.28. The van der Waals surface area contributed by atoms with Gasteiger partial charge in [-0.25, -0.2) is 4.31 Å². The Morgan fingerprint density at radius 3 is 2.81 bits per heavy atom. The van der Waals surface area contributed by atoms with E-state index in [-0.39, 0.29) is 0 Å². The van der Waals surface area contributed by atoms with Crippen molar-refractivity contribution >= 4 is 52.6 Å². The number of thioether (sulfide) groups is 1. The van der Waals surface area contributed by atoms with Gasteiger partial charge in [0.2, 0.25) is 0 Å². The first-order chi connectivity index (χ1) is 10.2. The van der Waals surface area contributed by atoms with Crippen LogP contribution in [-0.2, 0) is 0 Å². The van der Waals surface area contributed by atoms with Crippen molar-refractivity contribution in [1.82, 2.24) is 4.31 Å². The second kappa shape index (κ2) is 7.16. The average molecular weight is 357 g/mol. The van der Waals surface area contributed by atoms with Gasteiger partial charge in [0, 0.05) is 22.2 Å². The molecule has 1 heterocycles. The minimum atomic E-state index is 0.667. The van der Waals surface area contributed by atoms with Crippen LogP contribution in [0.5, 0.6) is 0 Å². The van der Waals surface area contributed by atoms with Gasteiger partial charge in [0.15, 0.2) is 0 Å². The zero-order chi connectivity index (χ0) is 14.7. The summed E-state index contributed by atoms with van der Waals surface area (Å²) in [5, 5.41) is 4.74. The summed E-state index contributed by atoms with van der Waals surface area (Å²) in [7, 11) is 0. The van der Waals surface area contributed by atoms with Gasteiger partial charge in [-0.3, -0.25) is 0 Å². The average Bonchev–Trinajstić information content (AvgIpc) is 2.49. The van der Waals surface area contributed by atoms with Gasteiger partial charge in [-0.2, -0.15) is 0 Å². The summed E-state index contributed by atoms with van der Waals surface area (Å²) in [6.07, 6.45) is 0. The third-order valence-corrected chi connectivity index (χ3v) is 5.84. The van der Waals surface area contributed by atoms with E-state index in [1.807, 2.05) is 23.9 Å². The van der Waals surface area contributed by atoms with Crippen LogP contribution in [0.4, 0.5) is 5.69 Å². The summed E-state index contributed by atoms with van der Waals surface area (Å²) in [6, 6.07) is 14.2. The van der Waals surface area contributed by atoms with Crippen LogP contribution in [0.2, 0.25) is 10.0 Å². The molecule has 1 aliphatic heterocycles. The van der Waals surface area contributed by atoms with Crippen LogP contribution in [0.3, 0.4) is 0 Å². The van der Waals surface area contributed by atoms with E-state index in [1.165, 1.54) is 4.90 Å². The zero-order valence-corrected chi connectivity index (χ0v) is 14.3. The predicted octanol–water partition coefficient (Wildman–Crippen LogP) is 5.48. The largest absolute Gasteiger partial charge is 0.370 e. The molecule has 0 aromatic heterocycles. The molecule has 110 valence electrons. The van der Waals surface area contributed by atoms with Crippen LogP contribution >= 0.6 is 46.9 Å². The van der Waals surface area contributed by atoms with Crippen molar-refractivity contribution in [2.24, 2.45) is 0 Å². The van der Waals surface area contributed by atoms with Crippen molar-refractivity contribution in [3.8, 4) is 0 Å². The fourth-order valence-corrected chi connectivity index (χ4v) is 4.58. The van der Waals surface area contributed by atoms with Gasteiger partial charge >= 0.3 is 0 Å². The Labute approximate surface area is 143 Å². The number of hydrogen-bond donors (Lipinski definition) is 1. The molecule has 0 bridgehead atoms. The van der Waals surface area contributed by atoms with Gasteiger partial charge < -0.3 is 5.32 Å². The molecule has 0 spiro atoms. The van der Waals surface area contributed by atoms with Crippen LogP contribution in [0.1, 0.15) is 0 Å². The van der Waals surface area contributed by atoms with E-state index in [4.69, 9.17) is 23.2 Å². The minimum absolute atomic E-state index is 0.667. The molecule has 0 aliphatic carbocycles. The van der Waals surface area contributed by atoms with E-state index >= 15 is 0 Å². The van der Waals surface area contributed by atoms with Gasteiger partial charge in [-0.05, 0) is 36.2 Å². The van der Waals surface area contributed by atoms with Crippen molar-refractivity contribution in [2.75, 3.05) is 24.3 Å². The Morgan fingerprint density at radius 1 is 1.19 bits per heavy atom. The fourth-order valence-electron chi connectivity index (χ4n) is 2.03. The van der Waals surface area contributed by atoms with Gasteiger partial charge in [0.1, 0.15) is 0 Å². The van der Waals surface area contributed by atoms with Crippen LogP contribution in [0.15, 0.2) is 52.3 Å². The van der Waals surface area contributed by atoms with Crippen LogP contribution in [0, 0.1) is 0 Å². The van der Waals surface area contributed by atoms with E-state index in [9.17, 15) is 0 Å². The summed E-state index contributed by atoms with van der Waals surface area (Å²) >= 11 is 15.8. The summed E-state index contributed by atoms with van der Waals surface area (Å²) in [5.74, 6) is 1.04. The monoisotopic (exact) mass is 356 g/mol. The third kappa shape index (κ3) is 4.02. The number of benzene rings is 2. The molecule has 0 saturated heterocycles. The highest BCUT2D eigenvalue weighted by Crippen LogP contribution is 2.41. The third-order valence-electron chi connectivity index (χ3n) is 3.03. The zero-order valence-electron chi connectivity index (χ0n) is 11.2. The highest BCUT2D eigenvalue weighted by molar-refractivity contribution is 7.99. The quantitative estimate of drug-likeness (QED) is 0.576. The van der Waals surface area contributed by atoms with Crippen molar-refractivity contribution < 1.29 is 0 Å². The lowest BCUT2D eigenvalue weighted by Gasteiger charge is -2.29. The molecule has 0 unspecified atom stereocenters. The molecule has 0 atom stereocenters. The van der Waals surface area contributed by atoms with Gasteiger partial charge in [0.25, 0.3) is 0 Å². The normalized spacial score (nSPS) is 14.6. The second-order valence-corrected chi connectivity index (χ2v) is 7.68. The maximum atomic E-state index is 6.27. The lowest BCUT2D eigenvalue weighted by atomic mass is 10.3. The SMILES string of the molecule is Clc1cc(Cl)c2c(c1)NCN(CCSc1ccccc1)S2. The molecule has 0 saturated carbocycles. The summed E-state index contributed by atoms with van der Waals surface area (Å²) in [4.78, 5) is 2.36. The number of nitrogens with zero attached hydrogens (tertiary/aromatic N) is 1. The van der Waals surface area contributed by atoms with E-state index in [0.29, 0.717) is 10.0 Å². The maximum Gasteiger partial charge on any atom is 0.0779 e. The summed E-state index contributed by atoms with van der Waals surface area (Å²) in [5.41, 5.74) is 1.02. The molecule has 3 rings (SSSR count). The van der Waals surface area contributed by atoms with Crippen molar-refractivity contribution in [2.45, 2.75) is 9.79 Å². The standard InChI is InChI=1S/C15H14Cl2N2S2/c16-11-8-13(17)15-14(9-11)18-10-19(21-15)6-7-20-12-4-2-1-3-5-12/h1-5,8-9,18H,6-7,10H2. The van der Waals surface area contributed by atoms with Crippen LogP contribution < -0.4 is 5.32 Å². The molecule has 2 aromatic carbocycles. The molecular formula is C15H14Cl2N2S2. The number of anilines is 1. The van der Waals surface area contributed by atoms with E-state index in [0.717, 1.165) is 29.5 Å². The molecule has 1 N–H and O–H groups in total. The molecular weight excluding hydrogens is 343 g/mol. The molecule has 1 aliphatic rings. The molecule has 2 nitrogen and oxygen atoms in total. The Kier molecular flexibility index (Phi) is 5.24. The number of fused-ring (bicyclic) bond motifs is 1. The Bertz CT molecular complexity index is 623. The highest BCUT2D eigenvalue weighted by atomic mass is 35.5. The summed E-state index contributed by atoms with van der Waals surface area (Å²) < 4.78 is 2.28. The number of halogens is 2. The van der Waals surface area contributed by atoms with Gasteiger partial charge in [0.05, 0.1) is 22.3 Å². The topological polar surface area (TPSA) is 15.3 Å². The molecule has 0 amide bonds. The first kappa shape index (κ1) is 15.4. The van der Waals surface area contributed by atoms with Crippen LogP contribution in [0.25, 0.3) is 0 Å². The first-order valence-electron chi connectivity index (χ1n) is 6.56. The number of rotatable bonds is 4. The highest BCUT2D eigenvalue weighted by Gasteiger charge is 2.19. The first-order valence-corrected chi connectivity index (χ1v) is 9.07. The van der Waals surface area contributed by atoms with Crippen molar-refractivity contribution in [3.05, 3.63) is 52.5 Å². The van der Waals surface area contributed by atoms with Crippen molar-refractivity contribution in [3.63, 3.8) is 0 Å². The predicted molar refractivity (Wildman–Crippen MR) is 94.7 cm³/mol. The Hall–Kier alpha value is -0.520. The van der Waals surface area contributed by atoms with Gasteiger partial charge in [-0.15, -0.1) is 11.8 Å². The maximum absolute atomic E-state index is 6.27. The van der Waals surface area contributed by atoms with E-state index < -0.39 is 0 Å². The summed E-state index contributed by atoms with van der Waals surface area (Å²) in [6.45, 7) is 1.78. The molecule has 6 heteroatoms. The lowest BCUT2D eigenvalue weighted by molar-refractivity contribution is 0.529. The smallest absolute Gasteiger partial charge is 0.0779 e. The van der Waals surface area contributed by atoms with Gasteiger partial charge in [-0.1, -0.05) is 41.4 Å². The Balaban J connectivity index is 1.57. The number of nitrogens with one attached hydrogen (secondary N) is 1. The van der Waals surface area contributed by atoms with E-state index in [2.05, 4.69) is 33.9 Å². The van der Waals surface area contributed by atoms with Crippen LogP contribution in [-0.4, -0.2) is 23.3 Å². The minimum Gasteiger partial charge on any atom is -0.370 e. The Morgan fingerprint density at radius 2 is 2.00 bits per heavy atom. The fraction of sp³-hybridized carbons (Fsp3) is 0.200. The number of hydrogen-bond acceptors (Lipinski definition) is 4. The molecule has 0 fully saturated rings. The molecule has 21 heavy (non-hydrogen) atoms. The molecule has 2 aromatic rings. The van der Waals surface area contributed by atoms with Crippen molar-refractivity contribution in [1.29, 1.82) is 0 Å². The van der Waals surface area contributed by atoms with E-state index in [1.54, 1.807) is 18.0 Å².